The van der Waals surface area contributed by atoms with Crippen LogP contribution in [0.3, 0.4) is 0 Å². The Kier molecular flexibility index (Phi) is 6.05. The number of nitrogens with zero attached hydrogens (tertiary/aromatic N) is 5. The molecule has 0 fully saturated rings. The van der Waals surface area contributed by atoms with Gasteiger partial charge in [-0.25, -0.2) is 0 Å². The molecule has 10 nitrogen and oxygen atoms in total. The number of nitrogens with one attached hydrogen (secondary N) is 1. The number of hydrogen-bond acceptors (Lipinski definition) is 7. The third kappa shape index (κ3) is 3.75. The molecule has 2 aromatic carbocycles. The second-order valence-corrected chi connectivity index (χ2v) is 8.90. The van der Waals surface area contributed by atoms with Crippen LogP contribution in [0.2, 0.25) is 20.1 Å². The molecular formula is C22H11Cl4N7O3. The van der Waals surface area contributed by atoms with Crippen LogP contribution in [0.4, 0.5) is 5.82 Å². The van der Waals surface area contributed by atoms with Crippen LogP contribution in [0.25, 0.3) is 17.1 Å². The van der Waals surface area contributed by atoms with Gasteiger partial charge in [-0.15, -0.1) is 10.2 Å². The number of carbonyl (C=O) groups excluding carboxylic acids is 3. The van der Waals surface area contributed by atoms with E-state index in [1.807, 2.05) is 30.3 Å². The van der Waals surface area contributed by atoms with Crippen LogP contribution >= 0.6 is 46.4 Å². The molecule has 3 amide bonds. The highest BCUT2D eigenvalue weighted by Gasteiger charge is 2.43. The van der Waals surface area contributed by atoms with Gasteiger partial charge in [0.2, 0.25) is 0 Å². The molecule has 14 heteroatoms. The molecule has 2 aromatic heterocycles. The van der Waals surface area contributed by atoms with Crippen LogP contribution < -0.4 is 11.2 Å². The summed E-state index contributed by atoms with van der Waals surface area (Å²) in [6.07, 6.45) is 1.16. The van der Waals surface area contributed by atoms with Gasteiger partial charge >= 0.3 is 0 Å². The first kappa shape index (κ1) is 24.0. The minimum atomic E-state index is -0.942. The lowest BCUT2D eigenvalue weighted by atomic mass is 10.1. The number of anilines is 1. The smallest absolute Gasteiger partial charge is 0.282 e. The molecule has 0 atom stereocenters. The lowest BCUT2D eigenvalue weighted by molar-refractivity contribution is 0.0518. The molecule has 0 radical (unpaired) electrons. The van der Waals surface area contributed by atoms with Gasteiger partial charge in [-0.2, -0.15) is 14.8 Å². The van der Waals surface area contributed by atoms with Gasteiger partial charge in [0.15, 0.2) is 5.82 Å². The number of benzene rings is 2. The molecule has 0 unspecified atom stereocenters. The topological polar surface area (TPSA) is 136 Å². The molecule has 0 saturated heterocycles. The summed E-state index contributed by atoms with van der Waals surface area (Å²) in [5.74, 6) is -2.64. The average molecular weight is 563 g/mol. The molecular weight excluding hydrogens is 552 g/mol. The lowest BCUT2D eigenvalue weighted by Crippen LogP contribution is -2.46. The summed E-state index contributed by atoms with van der Waals surface area (Å²) in [4.78, 5) is 38.6. The van der Waals surface area contributed by atoms with E-state index in [2.05, 4.69) is 20.7 Å². The van der Waals surface area contributed by atoms with E-state index in [-0.39, 0.29) is 48.4 Å². The summed E-state index contributed by atoms with van der Waals surface area (Å²) >= 11 is 24.2. The van der Waals surface area contributed by atoms with E-state index in [4.69, 9.17) is 52.1 Å². The van der Waals surface area contributed by atoms with E-state index < -0.39 is 17.7 Å². The summed E-state index contributed by atoms with van der Waals surface area (Å²) < 4.78 is 1.19. The summed E-state index contributed by atoms with van der Waals surface area (Å²) in [7, 11) is 0. The number of carbonyl (C=O) groups is 3. The Balaban J connectivity index is 1.40. The molecule has 1 aliphatic rings. The van der Waals surface area contributed by atoms with E-state index in [0.717, 1.165) is 11.8 Å². The van der Waals surface area contributed by atoms with E-state index >= 15 is 0 Å². The minimum absolute atomic E-state index is 0.104. The zero-order valence-corrected chi connectivity index (χ0v) is 20.7. The number of nitrogens with two attached hydrogens (primary N) is 1. The molecule has 3 heterocycles. The third-order valence-electron chi connectivity index (χ3n) is 5.30. The van der Waals surface area contributed by atoms with Gasteiger partial charge in [0.1, 0.15) is 11.4 Å². The van der Waals surface area contributed by atoms with Crippen molar-refractivity contribution in [2.45, 2.75) is 0 Å². The first-order valence-corrected chi connectivity index (χ1v) is 11.5. The van der Waals surface area contributed by atoms with Gasteiger partial charge in [-0.3, -0.25) is 19.8 Å². The number of amides is 3. The monoisotopic (exact) mass is 561 g/mol. The number of hydrogen-bond donors (Lipinski definition) is 2. The van der Waals surface area contributed by atoms with Crippen LogP contribution in [0.15, 0.2) is 48.7 Å². The standard InChI is InChI=1S/C22H11Cl4N7O3/c23-15-13-14(16(24)18(26)17(15)25)22(36)33(21(13)35)31-20(34)10-8-28-32(19(10)27)12-7-6-11(29-30-12)9-4-2-1-3-5-9/h1-8H,27H2,(H,31,34). The predicted octanol–water partition coefficient (Wildman–Crippen LogP) is 4.47. The number of imide groups is 1. The van der Waals surface area contributed by atoms with Gasteiger partial charge in [-0.1, -0.05) is 76.7 Å². The van der Waals surface area contributed by atoms with Crippen molar-refractivity contribution in [1.29, 1.82) is 0 Å². The highest BCUT2D eigenvalue weighted by atomic mass is 35.5. The van der Waals surface area contributed by atoms with Crippen LogP contribution in [-0.2, 0) is 0 Å². The highest BCUT2D eigenvalue weighted by Crippen LogP contribution is 2.44. The van der Waals surface area contributed by atoms with E-state index in [0.29, 0.717) is 10.7 Å². The minimum Gasteiger partial charge on any atom is -0.383 e. The summed E-state index contributed by atoms with van der Waals surface area (Å²) in [6.45, 7) is 0. The van der Waals surface area contributed by atoms with Gasteiger partial charge in [0.05, 0.1) is 43.1 Å². The van der Waals surface area contributed by atoms with Crippen molar-refractivity contribution >= 4 is 69.9 Å². The fraction of sp³-hybridized carbons (Fsp3) is 0. The highest BCUT2D eigenvalue weighted by molar-refractivity contribution is 6.55. The fourth-order valence-corrected chi connectivity index (χ4v) is 4.54. The van der Waals surface area contributed by atoms with Gasteiger partial charge in [-0.05, 0) is 12.1 Å². The van der Waals surface area contributed by atoms with E-state index in [9.17, 15) is 14.4 Å². The lowest BCUT2D eigenvalue weighted by Gasteiger charge is -2.14. The fourth-order valence-electron chi connectivity index (χ4n) is 3.53. The number of fused-ring (bicyclic) bond motifs is 1. The largest absolute Gasteiger partial charge is 0.383 e. The van der Waals surface area contributed by atoms with Crippen molar-refractivity contribution in [3.8, 4) is 17.1 Å². The molecule has 0 bridgehead atoms. The van der Waals surface area contributed by atoms with Crippen LogP contribution in [0, 0.1) is 0 Å². The van der Waals surface area contributed by atoms with Gasteiger partial charge in [0, 0.05) is 5.56 Å². The summed E-state index contributed by atoms with van der Waals surface area (Å²) in [5, 5.41) is 11.9. The van der Waals surface area contributed by atoms with Crippen LogP contribution in [-0.4, -0.2) is 42.7 Å². The Morgan fingerprint density at radius 3 is 2.00 bits per heavy atom. The second-order valence-electron chi connectivity index (χ2n) is 7.39. The summed E-state index contributed by atoms with van der Waals surface area (Å²) in [5.41, 5.74) is 9.11. The first-order chi connectivity index (χ1) is 17.2. The number of aromatic nitrogens is 4. The zero-order valence-electron chi connectivity index (χ0n) is 17.7. The second kappa shape index (κ2) is 9.07. The number of nitrogen functional groups attached to an aromatic ring is 1. The molecule has 36 heavy (non-hydrogen) atoms. The molecule has 1 aliphatic heterocycles. The van der Waals surface area contributed by atoms with Gasteiger partial charge in [0.25, 0.3) is 17.7 Å². The Morgan fingerprint density at radius 2 is 1.44 bits per heavy atom. The normalized spacial score (nSPS) is 12.7. The maximum absolute atomic E-state index is 12.9. The Bertz CT molecular complexity index is 1530. The maximum Gasteiger partial charge on any atom is 0.282 e. The van der Waals surface area contributed by atoms with Crippen molar-refractivity contribution in [3.63, 3.8) is 0 Å². The van der Waals surface area contributed by atoms with E-state index in [1.54, 1.807) is 12.1 Å². The third-order valence-corrected chi connectivity index (χ3v) is 7.10. The van der Waals surface area contributed by atoms with Crippen molar-refractivity contribution in [2.75, 3.05) is 5.73 Å². The van der Waals surface area contributed by atoms with Crippen molar-refractivity contribution in [3.05, 3.63) is 85.4 Å². The molecule has 0 saturated carbocycles. The first-order valence-electron chi connectivity index (χ1n) is 9.99. The molecule has 180 valence electrons. The predicted molar refractivity (Wildman–Crippen MR) is 133 cm³/mol. The Hall–Kier alpha value is -3.70. The van der Waals surface area contributed by atoms with E-state index in [1.165, 1.54) is 4.68 Å². The zero-order chi connectivity index (χ0) is 25.7. The SMILES string of the molecule is Nc1c(C(=O)NN2C(=O)c3c(Cl)c(Cl)c(Cl)c(Cl)c3C2=O)cnn1-c1ccc(-c2ccccc2)nn1. The van der Waals surface area contributed by atoms with Crippen LogP contribution in [0.1, 0.15) is 31.1 Å². The number of halogens is 4. The molecule has 5 rings (SSSR count). The van der Waals surface area contributed by atoms with Crippen LogP contribution in [0.5, 0.6) is 0 Å². The molecule has 0 spiro atoms. The van der Waals surface area contributed by atoms with Crippen molar-refractivity contribution < 1.29 is 14.4 Å². The number of rotatable bonds is 4. The Morgan fingerprint density at radius 1 is 0.833 bits per heavy atom. The molecule has 4 aromatic rings. The quantitative estimate of drug-likeness (QED) is 0.213. The molecule has 3 N–H and O–H groups in total. The maximum atomic E-state index is 12.9. The van der Waals surface area contributed by atoms with Gasteiger partial charge < -0.3 is 5.73 Å². The Labute approximate surface area is 222 Å². The number of hydrazine groups is 1. The summed E-state index contributed by atoms with van der Waals surface area (Å²) in [6, 6.07) is 12.8. The average Bonchev–Trinajstić information content (AvgIpc) is 3.39. The van der Waals surface area contributed by atoms with Crippen molar-refractivity contribution in [1.82, 2.24) is 30.4 Å². The molecule has 0 aliphatic carbocycles. The van der Waals surface area contributed by atoms with Crippen molar-refractivity contribution in [2.24, 2.45) is 0 Å².